The summed E-state index contributed by atoms with van der Waals surface area (Å²) in [6.45, 7) is 1.98. The van der Waals surface area contributed by atoms with Gasteiger partial charge in [-0.3, -0.25) is 4.79 Å². The number of methoxy groups -OCH3 is 2. The molecule has 4 rings (SSSR count). The molecule has 10 nitrogen and oxygen atoms in total. The Morgan fingerprint density at radius 1 is 1.17 bits per heavy atom. The minimum Gasteiger partial charge on any atom is -0.497 e. The van der Waals surface area contributed by atoms with E-state index in [0.29, 0.717) is 35.8 Å². The van der Waals surface area contributed by atoms with Crippen molar-refractivity contribution in [3.63, 3.8) is 0 Å². The molecule has 1 saturated heterocycles. The summed E-state index contributed by atoms with van der Waals surface area (Å²) in [6.07, 6.45) is 5.40. The fraction of sp³-hybridized carbons (Fsp3) is 0.333. The fourth-order valence-electron chi connectivity index (χ4n) is 3.98. The predicted octanol–water partition coefficient (Wildman–Crippen LogP) is 3.80. The topological polar surface area (TPSA) is 124 Å². The van der Waals surface area contributed by atoms with Gasteiger partial charge in [0.25, 0.3) is 0 Å². The molecule has 0 saturated carbocycles. The van der Waals surface area contributed by atoms with Crippen molar-refractivity contribution in [2.45, 2.75) is 24.7 Å². The summed E-state index contributed by atoms with van der Waals surface area (Å²) in [4.78, 5) is 12.9. The Labute approximate surface area is 203 Å². The summed E-state index contributed by atoms with van der Waals surface area (Å²) in [5.41, 5.74) is 0.772. The van der Waals surface area contributed by atoms with E-state index in [0.717, 1.165) is 0 Å². The number of rotatable bonds is 8. The van der Waals surface area contributed by atoms with Gasteiger partial charge in [0, 0.05) is 25.1 Å². The van der Waals surface area contributed by atoms with Crippen LogP contribution in [-0.2, 0) is 14.8 Å². The minimum atomic E-state index is -3.87. The Morgan fingerprint density at radius 2 is 1.94 bits per heavy atom. The minimum absolute atomic E-state index is 0.0179. The molecule has 1 aromatic carbocycles. The monoisotopic (exact) mass is 501 g/mol. The zero-order valence-corrected chi connectivity index (χ0v) is 20.5. The lowest BCUT2D eigenvalue weighted by Gasteiger charge is -2.30. The van der Waals surface area contributed by atoms with E-state index in [2.05, 4.69) is 10.5 Å². The molecule has 35 heavy (non-hydrogen) atoms. The summed E-state index contributed by atoms with van der Waals surface area (Å²) in [5.74, 6) is 1.24. The highest BCUT2D eigenvalue weighted by Crippen LogP contribution is 2.32. The molecule has 1 aliphatic heterocycles. The summed E-state index contributed by atoms with van der Waals surface area (Å²) < 4.78 is 49.2. The van der Waals surface area contributed by atoms with Crippen LogP contribution < -0.4 is 14.8 Å². The molecule has 0 radical (unpaired) electrons. The van der Waals surface area contributed by atoms with E-state index < -0.39 is 10.0 Å². The zero-order valence-electron chi connectivity index (χ0n) is 19.7. The number of furan rings is 1. The van der Waals surface area contributed by atoms with Gasteiger partial charge in [-0.2, -0.15) is 4.31 Å². The third-order valence-electron chi connectivity index (χ3n) is 5.86. The Bertz CT molecular complexity index is 1300. The van der Waals surface area contributed by atoms with Crippen molar-refractivity contribution < 1.29 is 31.6 Å². The summed E-state index contributed by atoms with van der Waals surface area (Å²) in [7, 11) is -0.812. The van der Waals surface area contributed by atoms with Crippen molar-refractivity contribution in [2.24, 2.45) is 5.92 Å². The SMILES string of the molecule is COc1ccc(OC)c(NC(=O)C2CCN(S(=O)(=O)c3c(C)noc3C=Cc3ccco3)CC2)c1. The molecule has 11 heteroatoms. The lowest BCUT2D eigenvalue weighted by molar-refractivity contribution is -0.120. The second-order valence-corrected chi connectivity index (χ2v) is 9.92. The van der Waals surface area contributed by atoms with E-state index in [1.54, 1.807) is 50.4 Å². The molecule has 2 aromatic heterocycles. The highest BCUT2D eigenvalue weighted by Gasteiger charge is 2.36. The van der Waals surface area contributed by atoms with Gasteiger partial charge < -0.3 is 23.7 Å². The fourth-order valence-corrected chi connectivity index (χ4v) is 5.70. The van der Waals surface area contributed by atoms with Crippen LogP contribution in [0, 0.1) is 12.8 Å². The van der Waals surface area contributed by atoms with E-state index in [-0.39, 0.29) is 41.3 Å². The first-order valence-electron chi connectivity index (χ1n) is 11.0. The average molecular weight is 502 g/mol. The standard InChI is InChI=1S/C24H27N3O7S/c1-16-23(22(34-26-16)9-6-18-5-4-14-33-18)35(29,30)27-12-10-17(11-13-27)24(28)25-20-15-19(31-2)7-8-21(20)32-3/h4-9,14-15,17H,10-13H2,1-3H3,(H,25,28). The molecule has 0 aliphatic carbocycles. The molecule has 0 spiro atoms. The third-order valence-corrected chi connectivity index (χ3v) is 7.92. The van der Waals surface area contributed by atoms with Crippen LogP contribution in [0.15, 0.2) is 50.4 Å². The number of sulfonamides is 1. The first kappa shape index (κ1) is 24.6. The van der Waals surface area contributed by atoms with Gasteiger partial charge >= 0.3 is 0 Å². The number of nitrogens with zero attached hydrogens (tertiary/aromatic N) is 2. The Hall–Kier alpha value is -3.57. The van der Waals surface area contributed by atoms with Crippen molar-refractivity contribution in [1.29, 1.82) is 0 Å². The zero-order chi connectivity index (χ0) is 25.0. The summed E-state index contributed by atoms with van der Waals surface area (Å²) >= 11 is 0. The maximum atomic E-state index is 13.4. The molecular weight excluding hydrogens is 474 g/mol. The molecule has 1 amide bonds. The Morgan fingerprint density at radius 3 is 2.60 bits per heavy atom. The maximum Gasteiger partial charge on any atom is 0.248 e. The number of nitrogens with one attached hydrogen (secondary N) is 1. The van der Waals surface area contributed by atoms with Crippen LogP contribution in [0.2, 0.25) is 0 Å². The number of aryl methyl sites for hydroxylation is 1. The third kappa shape index (κ3) is 5.25. The number of carbonyl (C=O) groups is 1. The van der Waals surface area contributed by atoms with Gasteiger partial charge in [-0.1, -0.05) is 5.16 Å². The number of ether oxygens (including phenoxy) is 2. The van der Waals surface area contributed by atoms with Crippen LogP contribution >= 0.6 is 0 Å². The number of carbonyl (C=O) groups excluding carboxylic acids is 1. The molecular formula is C24H27N3O7S. The van der Waals surface area contributed by atoms with E-state index in [1.807, 2.05) is 0 Å². The highest BCUT2D eigenvalue weighted by atomic mass is 32.2. The normalized spacial score (nSPS) is 15.4. The number of anilines is 1. The van der Waals surface area contributed by atoms with Gasteiger partial charge in [0.05, 0.1) is 26.2 Å². The van der Waals surface area contributed by atoms with Crippen LogP contribution in [0.25, 0.3) is 12.2 Å². The molecule has 0 atom stereocenters. The summed E-state index contributed by atoms with van der Waals surface area (Å²) in [5, 5.41) is 6.73. The number of benzene rings is 1. The van der Waals surface area contributed by atoms with Crippen LogP contribution in [0.1, 0.15) is 30.1 Å². The first-order valence-corrected chi connectivity index (χ1v) is 12.5. The first-order chi connectivity index (χ1) is 16.8. The van der Waals surface area contributed by atoms with Gasteiger partial charge in [0.2, 0.25) is 15.9 Å². The molecule has 0 unspecified atom stereocenters. The van der Waals surface area contributed by atoms with E-state index >= 15 is 0 Å². The molecule has 0 bridgehead atoms. The second kappa shape index (κ2) is 10.4. The van der Waals surface area contributed by atoms with Crippen molar-refractivity contribution in [3.05, 3.63) is 53.8 Å². The van der Waals surface area contributed by atoms with Gasteiger partial charge in [-0.15, -0.1) is 0 Å². The number of piperidine rings is 1. The largest absolute Gasteiger partial charge is 0.497 e. The smallest absolute Gasteiger partial charge is 0.248 e. The average Bonchev–Trinajstić information content (AvgIpc) is 3.52. The van der Waals surface area contributed by atoms with Crippen molar-refractivity contribution in [2.75, 3.05) is 32.6 Å². The molecule has 3 aromatic rings. The quantitative estimate of drug-likeness (QED) is 0.494. The second-order valence-electron chi connectivity index (χ2n) is 8.04. The van der Waals surface area contributed by atoms with Gasteiger partial charge in [0.15, 0.2) is 10.7 Å². The van der Waals surface area contributed by atoms with Crippen molar-refractivity contribution in [1.82, 2.24) is 9.46 Å². The van der Waals surface area contributed by atoms with Crippen LogP contribution in [0.5, 0.6) is 11.5 Å². The van der Waals surface area contributed by atoms with Gasteiger partial charge in [-0.25, -0.2) is 8.42 Å². The molecule has 186 valence electrons. The highest BCUT2D eigenvalue weighted by molar-refractivity contribution is 7.89. The van der Waals surface area contributed by atoms with E-state index in [9.17, 15) is 13.2 Å². The van der Waals surface area contributed by atoms with Crippen LogP contribution in [0.3, 0.4) is 0 Å². The lowest BCUT2D eigenvalue weighted by Crippen LogP contribution is -2.41. The molecule has 1 aliphatic rings. The summed E-state index contributed by atoms with van der Waals surface area (Å²) in [6, 6.07) is 8.60. The molecule has 1 N–H and O–H groups in total. The number of aromatic nitrogens is 1. The van der Waals surface area contributed by atoms with Crippen molar-refractivity contribution in [3.8, 4) is 11.5 Å². The lowest BCUT2D eigenvalue weighted by atomic mass is 9.97. The van der Waals surface area contributed by atoms with Gasteiger partial charge in [-0.05, 0) is 56.2 Å². The van der Waals surface area contributed by atoms with Crippen LogP contribution in [-0.4, -0.2) is 51.1 Å². The van der Waals surface area contributed by atoms with E-state index in [4.69, 9.17) is 18.4 Å². The number of hydrogen-bond donors (Lipinski definition) is 1. The van der Waals surface area contributed by atoms with Gasteiger partial charge in [0.1, 0.15) is 23.0 Å². The van der Waals surface area contributed by atoms with Crippen molar-refractivity contribution >= 4 is 33.8 Å². The van der Waals surface area contributed by atoms with Crippen LogP contribution in [0.4, 0.5) is 5.69 Å². The molecule has 1 fully saturated rings. The number of hydrogen-bond acceptors (Lipinski definition) is 8. The Kier molecular flexibility index (Phi) is 7.27. The van der Waals surface area contributed by atoms with E-state index in [1.165, 1.54) is 23.8 Å². The molecule has 3 heterocycles. The Balaban J connectivity index is 1.44. The number of amides is 1. The predicted molar refractivity (Wildman–Crippen MR) is 129 cm³/mol. The maximum absolute atomic E-state index is 13.4.